The number of carbonyl (C=O) groups excluding carboxylic acids is 2. The number of Topliss-reactive ketones (excluding diaryl/α,β-unsaturated/α-hetero) is 1. The molecule has 1 amide bonds. The molecule has 1 unspecified atom stereocenters. The Balaban J connectivity index is 1.31. The van der Waals surface area contributed by atoms with Gasteiger partial charge >= 0.3 is 12.3 Å². The number of ether oxygens (including phenoxy) is 3. The lowest BCUT2D eigenvalue weighted by Crippen LogP contribution is -2.67. The lowest BCUT2D eigenvalue weighted by molar-refractivity contribution is -0.175. The number of halogens is 3. The SMILES string of the molecule is CCOC(=O)N(Cc1ccc(OC)cc1OC)C[C@]1(O)CC[C@H]2[C@]34C=C[C@@]5(C=C3C(=O)c3cccc(C(F)(F)F)c3)CC(O)CC[C@]5(C)[C@H]4CC[C@@]21C. The second kappa shape index (κ2) is 12.9. The Morgan fingerprint density at radius 3 is 2.36 bits per heavy atom. The lowest BCUT2D eigenvalue weighted by Gasteiger charge is -2.71. The van der Waals surface area contributed by atoms with Gasteiger partial charge in [0.05, 0.1) is 51.2 Å². The molecule has 0 saturated heterocycles. The molecule has 8 rings (SSSR count). The normalized spacial score (nSPS) is 35.4. The van der Waals surface area contributed by atoms with Crippen molar-refractivity contribution < 1.29 is 47.2 Å². The Kier molecular flexibility index (Phi) is 9.12. The number of rotatable bonds is 9. The summed E-state index contributed by atoms with van der Waals surface area (Å²) in [6, 6.07) is 9.96. The van der Waals surface area contributed by atoms with Gasteiger partial charge in [-0.3, -0.25) is 4.79 Å². The van der Waals surface area contributed by atoms with Crippen LogP contribution in [0.3, 0.4) is 0 Å². The van der Waals surface area contributed by atoms with E-state index in [-0.39, 0.29) is 42.5 Å². The number of allylic oxidation sites excluding steroid dienone is 4. The van der Waals surface area contributed by atoms with Crippen molar-refractivity contribution in [1.82, 2.24) is 4.90 Å². The Hall–Kier alpha value is -3.83. The molecule has 0 heterocycles. The van der Waals surface area contributed by atoms with Crippen molar-refractivity contribution in [2.75, 3.05) is 27.4 Å². The van der Waals surface area contributed by atoms with Crippen molar-refractivity contribution in [3.8, 4) is 11.5 Å². The summed E-state index contributed by atoms with van der Waals surface area (Å²) in [6.07, 6.45) is 4.45. The average molecular weight is 738 g/mol. The predicted molar refractivity (Wildman–Crippen MR) is 191 cm³/mol. The van der Waals surface area contributed by atoms with Crippen molar-refractivity contribution in [2.45, 2.75) is 90.1 Å². The molecule has 0 radical (unpaired) electrons. The smallest absolute Gasteiger partial charge is 0.416 e. The molecule has 2 aromatic rings. The highest BCUT2D eigenvalue weighted by molar-refractivity contribution is 6.10. The zero-order valence-corrected chi connectivity index (χ0v) is 31.1. The minimum atomic E-state index is -4.62. The fraction of sp³-hybridized carbons (Fsp3) is 0.571. The summed E-state index contributed by atoms with van der Waals surface area (Å²) in [4.78, 5) is 29.9. The summed E-state index contributed by atoms with van der Waals surface area (Å²) < 4.78 is 58.2. The summed E-state index contributed by atoms with van der Waals surface area (Å²) in [5, 5.41) is 23.9. The molecule has 2 bridgehead atoms. The maximum Gasteiger partial charge on any atom is 0.416 e. The topological polar surface area (TPSA) is 106 Å². The van der Waals surface area contributed by atoms with Crippen LogP contribution < -0.4 is 9.47 Å². The van der Waals surface area contributed by atoms with Gasteiger partial charge in [-0.25, -0.2) is 4.79 Å². The second-order valence-electron chi connectivity index (χ2n) is 16.5. The zero-order valence-electron chi connectivity index (χ0n) is 31.1. The van der Waals surface area contributed by atoms with E-state index in [1.165, 1.54) is 24.1 Å². The number of amides is 1. The number of hydrogen-bond acceptors (Lipinski definition) is 7. The summed E-state index contributed by atoms with van der Waals surface area (Å²) >= 11 is 0. The van der Waals surface area contributed by atoms with Crippen molar-refractivity contribution >= 4 is 11.9 Å². The summed E-state index contributed by atoms with van der Waals surface area (Å²) in [7, 11) is 3.09. The third kappa shape index (κ3) is 5.54. The molecular formula is C42H50F3NO7. The number of nitrogens with zero attached hydrogens (tertiary/aromatic N) is 1. The molecule has 0 aromatic heterocycles. The van der Waals surface area contributed by atoms with E-state index in [0.717, 1.165) is 18.6 Å². The van der Waals surface area contributed by atoms with E-state index >= 15 is 0 Å². The second-order valence-corrected chi connectivity index (χ2v) is 16.5. The number of ketones is 1. The molecule has 0 aliphatic heterocycles. The highest BCUT2D eigenvalue weighted by atomic mass is 19.4. The van der Waals surface area contributed by atoms with Gasteiger partial charge in [-0.05, 0) is 93.4 Å². The number of benzene rings is 2. The molecule has 3 fully saturated rings. The number of aliphatic hydroxyl groups excluding tert-OH is 1. The van der Waals surface area contributed by atoms with Gasteiger partial charge in [0.25, 0.3) is 0 Å². The van der Waals surface area contributed by atoms with Crippen molar-refractivity contribution in [1.29, 1.82) is 0 Å². The highest BCUT2D eigenvalue weighted by Crippen LogP contribution is 2.78. The number of hydrogen-bond donors (Lipinski definition) is 2. The third-order valence-corrected chi connectivity index (χ3v) is 14.2. The Morgan fingerprint density at radius 1 is 0.943 bits per heavy atom. The van der Waals surface area contributed by atoms with Crippen LogP contribution in [0.25, 0.3) is 0 Å². The number of aliphatic hydroxyl groups is 2. The van der Waals surface area contributed by atoms with Crippen molar-refractivity contribution in [2.24, 2.45) is 33.5 Å². The standard InChI is InChI=1S/C42H50F3NO7/c1-6-53-36(49)46(24-27-10-11-30(51-4)21-32(27)52-5)25-40(50)17-14-34-38(40,3)16-13-33-37(2)15-12-29(47)22-39(37)18-19-41(33,34)31(23-39)35(48)26-8-7-9-28(20-26)42(43,44)45/h7-11,18-21,23,29,33-34,47,50H,6,12-17,22,24-25H2,1-5H3/t29?,33-,34-,37-,38+,39+,40-,41-/m1/s1. The van der Waals surface area contributed by atoms with Crippen molar-refractivity contribution in [3.05, 3.63) is 83.0 Å². The molecule has 6 aliphatic rings. The minimum absolute atomic E-state index is 0.0305. The molecule has 11 heteroatoms. The first-order chi connectivity index (χ1) is 25.0. The van der Waals surface area contributed by atoms with E-state index in [4.69, 9.17) is 14.2 Å². The first-order valence-corrected chi connectivity index (χ1v) is 18.7. The van der Waals surface area contributed by atoms with Crippen LogP contribution in [0.1, 0.15) is 87.2 Å². The molecule has 3 saturated carbocycles. The summed E-state index contributed by atoms with van der Waals surface area (Å²) in [5.74, 6) is 0.347. The van der Waals surface area contributed by atoms with Crippen LogP contribution in [0, 0.1) is 33.5 Å². The molecular weight excluding hydrogens is 687 g/mol. The Morgan fingerprint density at radius 2 is 1.66 bits per heavy atom. The molecule has 8 atom stereocenters. The fourth-order valence-corrected chi connectivity index (χ4v) is 11.5. The molecule has 8 nitrogen and oxygen atoms in total. The largest absolute Gasteiger partial charge is 0.497 e. The van der Waals surface area contributed by atoms with Gasteiger partial charge in [0.15, 0.2) is 5.78 Å². The van der Waals surface area contributed by atoms with E-state index in [2.05, 4.69) is 26.0 Å². The maximum absolute atomic E-state index is 14.8. The van der Waals surface area contributed by atoms with Crippen LogP contribution in [-0.2, 0) is 17.5 Å². The zero-order chi connectivity index (χ0) is 38.2. The van der Waals surface area contributed by atoms with E-state index in [1.54, 1.807) is 26.2 Å². The van der Waals surface area contributed by atoms with Gasteiger partial charge in [-0.2, -0.15) is 13.2 Å². The fourth-order valence-electron chi connectivity index (χ4n) is 11.5. The third-order valence-electron chi connectivity index (χ3n) is 14.2. The molecule has 2 aromatic carbocycles. The van der Waals surface area contributed by atoms with Gasteiger partial charge in [-0.1, -0.05) is 44.2 Å². The van der Waals surface area contributed by atoms with Crippen molar-refractivity contribution in [3.63, 3.8) is 0 Å². The predicted octanol–water partition coefficient (Wildman–Crippen LogP) is 8.16. The quantitative estimate of drug-likeness (QED) is 0.198. The van der Waals surface area contributed by atoms with E-state index in [0.29, 0.717) is 61.2 Å². The molecule has 286 valence electrons. The highest BCUT2D eigenvalue weighted by Gasteiger charge is 2.74. The van der Waals surface area contributed by atoms with E-state index in [9.17, 15) is 33.0 Å². The maximum atomic E-state index is 14.8. The van der Waals surface area contributed by atoms with Crippen LogP contribution >= 0.6 is 0 Å². The number of fused-ring (bicyclic) bond motifs is 1. The van der Waals surface area contributed by atoms with Gasteiger partial charge in [0.2, 0.25) is 0 Å². The van der Waals surface area contributed by atoms with Crippen LogP contribution in [0.2, 0.25) is 0 Å². The molecule has 2 spiro atoms. The summed E-state index contributed by atoms with van der Waals surface area (Å²) in [5.41, 5.74) is -3.77. The van der Waals surface area contributed by atoms with Crippen LogP contribution in [0.4, 0.5) is 18.0 Å². The molecule has 53 heavy (non-hydrogen) atoms. The number of alkyl halides is 3. The first-order valence-electron chi connectivity index (χ1n) is 18.7. The van der Waals surface area contributed by atoms with E-state index < -0.39 is 51.6 Å². The van der Waals surface area contributed by atoms with Gasteiger partial charge in [-0.15, -0.1) is 0 Å². The molecule has 2 N–H and O–H groups in total. The van der Waals surface area contributed by atoms with E-state index in [1.807, 2.05) is 12.1 Å². The number of carbonyl (C=O) groups is 2. The minimum Gasteiger partial charge on any atom is -0.497 e. The monoisotopic (exact) mass is 737 g/mol. The van der Waals surface area contributed by atoms with Crippen LogP contribution in [0.15, 0.2) is 66.3 Å². The van der Waals surface area contributed by atoms with Gasteiger partial charge < -0.3 is 29.3 Å². The first kappa shape index (κ1) is 37.5. The van der Waals surface area contributed by atoms with Gasteiger partial charge in [0.1, 0.15) is 11.5 Å². The van der Waals surface area contributed by atoms with Crippen LogP contribution in [0.5, 0.6) is 11.5 Å². The lowest BCUT2D eigenvalue weighted by atomic mass is 9.32. The molecule has 6 aliphatic carbocycles. The number of methoxy groups -OCH3 is 2. The Bertz CT molecular complexity index is 1860. The Labute approximate surface area is 309 Å². The average Bonchev–Trinajstić information content (AvgIpc) is 3.40. The van der Waals surface area contributed by atoms with Crippen LogP contribution in [-0.4, -0.2) is 66.1 Å². The summed E-state index contributed by atoms with van der Waals surface area (Å²) in [6.45, 7) is 6.24. The van der Waals surface area contributed by atoms with Gasteiger partial charge in [0, 0.05) is 39.0 Å².